The highest BCUT2D eigenvalue weighted by Crippen LogP contribution is 2.40. The first kappa shape index (κ1) is 17.6. The molecule has 0 aliphatic carbocycles. The van der Waals surface area contributed by atoms with Crippen molar-refractivity contribution in [3.63, 3.8) is 0 Å². The zero-order valence-corrected chi connectivity index (χ0v) is 15.8. The maximum absolute atomic E-state index is 12.9. The van der Waals surface area contributed by atoms with Crippen LogP contribution in [-0.2, 0) is 4.74 Å². The van der Waals surface area contributed by atoms with Gasteiger partial charge >= 0.3 is 6.03 Å². The van der Waals surface area contributed by atoms with E-state index in [0.717, 1.165) is 57.6 Å². The number of hydrogen-bond donors (Lipinski definition) is 1. The minimum Gasteiger partial charge on any atom is -0.381 e. The van der Waals surface area contributed by atoms with Crippen LogP contribution in [0.25, 0.3) is 0 Å². The van der Waals surface area contributed by atoms with Crippen LogP contribution >= 0.6 is 11.3 Å². The molecule has 5 heteroatoms. The number of ether oxygens (including phenoxy) is 1. The third-order valence-electron chi connectivity index (χ3n) is 5.89. The molecular weight excluding hydrogens is 344 g/mol. The summed E-state index contributed by atoms with van der Waals surface area (Å²) in [6.07, 6.45) is 4.48. The van der Waals surface area contributed by atoms with Crippen LogP contribution in [0, 0.1) is 5.41 Å². The van der Waals surface area contributed by atoms with Gasteiger partial charge in [-0.3, -0.25) is 0 Å². The van der Waals surface area contributed by atoms with Crippen LogP contribution in [-0.4, -0.2) is 37.2 Å². The van der Waals surface area contributed by atoms with Crippen LogP contribution in [0.5, 0.6) is 0 Å². The molecule has 4 nitrogen and oxygen atoms in total. The van der Waals surface area contributed by atoms with Gasteiger partial charge in [0.1, 0.15) is 0 Å². The Balaban J connectivity index is 1.43. The lowest BCUT2D eigenvalue weighted by Gasteiger charge is -2.44. The Morgan fingerprint density at radius 1 is 1.04 bits per heavy atom. The summed E-state index contributed by atoms with van der Waals surface area (Å²) in [4.78, 5) is 16.1. The third-order valence-corrected chi connectivity index (χ3v) is 6.83. The van der Waals surface area contributed by atoms with E-state index >= 15 is 0 Å². The second-order valence-electron chi connectivity index (χ2n) is 7.41. The molecule has 1 aromatic heterocycles. The van der Waals surface area contributed by atoms with E-state index in [2.05, 4.69) is 28.9 Å². The van der Waals surface area contributed by atoms with Gasteiger partial charge in [-0.05, 0) is 48.1 Å². The number of urea groups is 1. The van der Waals surface area contributed by atoms with E-state index in [1.54, 1.807) is 11.3 Å². The Labute approximate surface area is 159 Å². The van der Waals surface area contributed by atoms with Crippen molar-refractivity contribution in [3.05, 3.63) is 58.3 Å². The molecule has 1 aromatic carbocycles. The first-order valence-electron chi connectivity index (χ1n) is 9.47. The molecule has 2 aliphatic rings. The molecule has 3 heterocycles. The number of rotatable bonds is 3. The molecule has 1 spiro atoms. The fourth-order valence-corrected chi connectivity index (χ4v) is 4.93. The van der Waals surface area contributed by atoms with Crippen molar-refractivity contribution in [2.75, 3.05) is 26.3 Å². The Kier molecular flexibility index (Phi) is 5.27. The number of nitrogens with one attached hydrogen (secondary N) is 1. The highest BCUT2D eigenvalue weighted by molar-refractivity contribution is 7.10. The van der Waals surface area contributed by atoms with Crippen LogP contribution in [0.3, 0.4) is 0 Å². The number of hydrogen-bond acceptors (Lipinski definition) is 3. The van der Waals surface area contributed by atoms with Crippen molar-refractivity contribution in [2.24, 2.45) is 5.41 Å². The summed E-state index contributed by atoms with van der Waals surface area (Å²) in [5.41, 5.74) is 1.53. The molecule has 0 bridgehead atoms. The topological polar surface area (TPSA) is 41.6 Å². The molecule has 2 aromatic rings. The van der Waals surface area contributed by atoms with Gasteiger partial charge in [-0.2, -0.15) is 0 Å². The summed E-state index contributed by atoms with van der Waals surface area (Å²) in [6, 6.07) is 14.3. The van der Waals surface area contributed by atoms with Crippen LogP contribution in [0.1, 0.15) is 42.2 Å². The Morgan fingerprint density at radius 2 is 1.77 bits per heavy atom. The number of carbonyl (C=O) groups is 1. The highest BCUT2D eigenvalue weighted by atomic mass is 32.1. The normalized spacial score (nSPS) is 20.7. The maximum Gasteiger partial charge on any atom is 0.318 e. The summed E-state index contributed by atoms with van der Waals surface area (Å²) in [6.45, 7) is 3.44. The monoisotopic (exact) mass is 370 g/mol. The van der Waals surface area contributed by atoms with Crippen LogP contribution in [0.15, 0.2) is 47.8 Å². The lowest BCUT2D eigenvalue weighted by molar-refractivity contribution is -0.0146. The Morgan fingerprint density at radius 3 is 2.42 bits per heavy atom. The van der Waals surface area contributed by atoms with Crippen molar-refractivity contribution >= 4 is 17.4 Å². The number of nitrogens with zero attached hydrogens (tertiary/aromatic N) is 1. The van der Waals surface area contributed by atoms with Crippen molar-refractivity contribution in [1.29, 1.82) is 0 Å². The number of piperidine rings is 1. The van der Waals surface area contributed by atoms with E-state index in [4.69, 9.17) is 4.74 Å². The average Bonchev–Trinajstić information content (AvgIpc) is 3.22. The largest absolute Gasteiger partial charge is 0.381 e. The van der Waals surface area contributed by atoms with Gasteiger partial charge in [0.2, 0.25) is 0 Å². The van der Waals surface area contributed by atoms with Crippen LogP contribution in [0.4, 0.5) is 4.79 Å². The fourth-order valence-electron chi connectivity index (χ4n) is 4.12. The minimum atomic E-state index is -0.0809. The zero-order chi connectivity index (χ0) is 17.8. The van der Waals surface area contributed by atoms with E-state index in [1.807, 2.05) is 29.2 Å². The lowest BCUT2D eigenvalue weighted by Crippen LogP contribution is -2.49. The van der Waals surface area contributed by atoms with E-state index in [-0.39, 0.29) is 12.1 Å². The second kappa shape index (κ2) is 7.80. The zero-order valence-electron chi connectivity index (χ0n) is 15.0. The van der Waals surface area contributed by atoms with Gasteiger partial charge in [0.15, 0.2) is 0 Å². The number of thiophene rings is 1. The summed E-state index contributed by atoms with van der Waals surface area (Å²) in [7, 11) is 0. The van der Waals surface area contributed by atoms with E-state index < -0.39 is 0 Å². The Hall–Kier alpha value is -1.85. The number of benzene rings is 1. The summed E-state index contributed by atoms with van der Waals surface area (Å²) in [5, 5.41) is 5.33. The molecule has 2 amide bonds. The van der Waals surface area contributed by atoms with Crippen LogP contribution in [0.2, 0.25) is 0 Å². The summed E-state index contributed by atoms with van der Waals surface area (Å²) < 4.78 is 5.52. The first-order chi connectivity index (χ1) is 12.8. The second-order valence-corrected chi connectivity index (χ2v) is 8.39. The van der Waals surface area contributed by atoms with Crippen molar-refractivity contribution < 1.29 is 9.53 Å². The van der Waals surface area contributed by atoms with Gasteiger partial charge < -0.3 is 15.0 Å². The SMILES string of the molecule is O=C(NC(c1ccccc1)c1cccs1)N1CCC2(CCOCC2)CC1. The van der Waals surface area contributed by atoms with Gasteiger partial charge in [0, 0.05) is 31.2 Å². The predicted octanol–water partition coefficient (Wildman–Crippen LogP) is 4.44. The van der Waals surface area contributed by atoms with E-state index in [9.17, 15) is 4.79 Å². The molecule has 2 fully saturated rings. The van der Waals surface area contributed by atoms with Crippen molar-refractivity contribution in [3.8, 4) is 0 Å². The fraction of sp³-hybridized carbons (Fsp3) is 0.476. The molecule has 0 saturated carbocycles. The number of likely N-dealkylation sites (tertiary alicyclic amines) is 1. The van der Waals surface area contributed by atoms with Gasteiger partial charge in [0.25, 0.3) is 0 Å². The first-order valence-corrected chi connectivity index (χ1v) is 10.4. The van der Waals surface area contributed by atoms with Gasteiger partial charge in [0.05, 0.1) is 6.04 Å². The molecule has 1 N–H and O–H groups in total. The number of amides is 2. The summed E-state index contributed by atoms with van der Waals surface area (Å²) >= 11 is 1.68. The van der Waals surface area contributed by atoms with Gasteiger partial charge in [-0.25, -0.2) is 4.79 Å². The molecule has 4 rings (SSSR count). The molecule has 138 valence electrons. The Bertz CT molecular complexity index is 701. The molecule has 0 radical (unpaired) electrons. The molecule has 1 atom stereocenters. The van der Waals surface area contributed by atoms with Crippen molar-refractivity contribution in [2.45, 2.75) is 31.7 Å². The average molecular weight is 371 g/mol. The molecule has 2 saturated heterocycles. The quantitative estimate of drug-likeness (QED) is 0.868. The van der Waals surface area contributed by atoms with E-state index in [1.165, 1.54) is 4.88 Å². The maximum atomic E-state index is 12.9. The van der Waals surface area contributed by atoms with Gasteiger partial charge in [-0.15, -0.1) is 11.3 Å². The smallest absolute Gasteiger partial charge is 0.318 e. The third kappa shape index (κ3) is 3.79. The molecule has 2 aliphatic heterocycles. The predicted molar refractivity (Wildman–Crippen MR) is 104 cm³/mol. The molecule has 1 unspecified atom stereocenters. The van der Waals surface area contributed by atoms with Crippen LogP contribution < -0.4 is 5.32 Å². The molecular formula is C21H26N2O2S. The minimum absolute atomic E-state index is 0.0502. The number of carbonyl (C=O) groups excluding carboxylic acids is 1. The standard InChI is InChI=1S/C21H26N2O2S/c24-20(23-12-8-21(9-13-23)10-14-25-15-11-21)22-19(18-7-4-16-26-18)17-5-2-1-3-6-17/h1-7,16,19H,8-15H2,(H,22,24). The van der Waals surface area contributed by atoms with Crippen molar-refractivity contribution in [1.82, 2.24) is 10.2 Å². The summed E-state index contributed by atoms with van der Waals surface area (Å²) in [5.74, 6) is 0. The highest BCUT2D eigenvalue weighted by Gasteiger charge is 2.37. The van der Waals surface area contributed by atoms with E-state index in [0.29, 0.717) is 5.41 Å². The van der Waals surface area contributed by atoms with Gasteiger partial charge in [-0.1, -0.05) is 36.4 Å². The molecule has 26 heavy (non-hydrogen) atoms. The lowest BCUT2D eigenvalue weighted by atomic mass is 9.72.